The molecule has 16 heavy (non-hydrogen) atoms. The van der Waals surface area contributed by atoms with Gasteiger partial charge < -0.3 is 14.6 Å². The molecule has 2 rings (SSSR count). The fourth-order valence-corrected chi connectivity index (χ4v) is 3.04. The summed E-state index contributed by atoms with van der Waals surface area (Å²) >= 11 is 1.56. The van der Waals surface area contributed by atoms with Crippen LogP contribution in [0.3, 0.4) is 0 Å². The second-order valence-corrected chi connectivity index (χ2v) is 4.92. The van der Waals surface area contributed by atoms with Crippen molar-refractivity contribution in [2.75, 3.05) is 20.3 Å². The first-order valence-corrected chi connectivity index (χ1v) is 6.33. The van der Waals surface area contributed by atoms with Gasteiger partial charge >= 0.3 is 0 Å². The molecule has 90 valence electrons. The summed E-state index contributed by atoms with van der Waals surface area (Å²) in [6.07, 6.45) is 1.14. The van der Waals surface area contributed by atoms with Gasteiger partial charge in [-0.05, 0) is 6.92 Å². The van der Waals surface area contributed by atoms with E-state index in [0.29, 0.717) is 13.2 Å². The first-order chi connectivity index (χ1) is 7.68. The lowest BCUT2D eigenvalue weighted by molar-refractivity contribution is -0.0949. The fourth-order valence-electron chi connectivity index (χ4n) is 1.89. The van der Waals surface area contributed by atoms with Gasteiger partial charge in [0.15, 0.2) is 0 Å². The molecule has 1 aliphatic rings. The largest absolute Gasteiger partial charge is 0.387 e. The van der Waals surface area contributed by atoms with E-state index in [4.69, 9.17) is 9.47 Å². The maximum Gasteiger partial charge on any atom is 0.125 e. The van der Waals surface area contributed by atoms with Gasteiger partial charge in [-0.2, -0.15) is 0 Å². The SMILES string of the molecule is COC1(c2nc(C(C)O)cs2)CCOCC1. The molecule has 4 nitrogen and oxygen atoms in total. The highest BCUT2D eigenvalue weighted by atomic mass is 32.1. The Morgan fingerprint density at radius 3 is 2.75 bits per heavy atom. The van der Waals surface area contributed by atoms with Crippen molar-refractivity contribution in [2.45, 2.75) is 31.5 Å². The van der Waals surface area contributed by atoms with Crippen LogP contribution in [0, 0.1) is 0 Å². The molecule has 0 saturated carbocycles. The summed E-state index contributed by atoms with van der Waals surface area (Å²) in [7, 11) is 1.72. The minimum atomic E-state index is -0.515. The van der Waals surface area contributed by atoms with E-state index in [0.717, 1.165) is 23.5 Å². The first-order valence-electron chi connectivity index (χ1n) is 5.45. The van der Waals surface area contributed by atoms with Gasteiger partial charge in [-0.3, -0.25) is 0 Å². The van der Waals surface area contributed by atoms with E-state index in [1.807, 2.05) is 5.38 Å². The van der Waals surface area contributed by atoms with Gasteiger partial charge in [0.25, 0.3) is 0 Å². The number of thiazole rings is 1. The van der Waals surface area contributed by atoms with Crippen molar-refractivity contribution in [3.8, 4) is 0 Å². The molecule has 1 aliphatic heterocycles. The number of hydrogen-bond donors (Lipinski definition) is 1. The molecular weight excluding hydrogens is 226 g/mol. The van der Waals surface area contributed by atoms with Gasteiger partial charge in [0.05, 0.1) is 11.8 Å². The minimum Gasteiger partial charge on any atom is -0.387 e. The number of rotatable bonds is 3. The van der Waals surface area contributed by atoms with Crippen LogP contribution in [0.4, 0.5) is 0 Å². The van der Waals surface area contributed by atoms with Crippen molar-refractivity contribution < 1.29 is 14.6 Å². The summed E-state index contributed by atoms with van der Waals surface area (Å²) in [6, 6.07) is 0. The number of hydrogen-bond acceptors (Lipinski definition) is 5. The highest BCUT2D eigenvalue weighted by Gasteiger charge is 2.37. The van der Waals surface area contributed by atoms with Crippen LogP contribution in [0.5, 0.6) is 0 Å². The molecule has 0 bridgehead atoms. The Balaban J connectivity index is 2.25. The fraction of sp³-hybridized carbons (Fsp3) is 0.727. The molecule has 1 fully saturated rings. The maximum atomic E-state index is 9.47. The molecule has 1 unspecified atom stereocenters. The molecule has 1 N–H and O–H groups in total. The van der Waals surface area contributed by atoms with Crippen molar-refractivity contribution in [3.63, 3.8) is 0 Å². The van der Waals surface area contributed by atoms with Crippen molar-refractivity contribution >= 4 is 11.3 Å². The number of aliphatic hydroxyl groups excluding tert-OH is 1. The number of aliphatic hydroxyl groups is 1. The molecule has 1 aromatic rings. The predicted molar refractivity (Wildman–Crippen MR) is 61.5 cm³/mol. The molecule has 5 heteroatoms. The van der Waals surface area contributed by atoms with E-state index < -0.39 is 6.10 Å². The number of methoxy groups -OCH3 is 1. The van der Waals surface area contributed by atoms with Crippen LogP contribution in [0.2, 0.25) is 0 Å². The van der Waals surface area contributed by atoms with E-state index in [1.54, 1.807) is 25.4 Å². The van der Waals surface area contributed by atoms with Gasteiger partial charge in [-0.25, -0.2) is 4.98 Å². The Hall–Kier alpha value is -0.490. The summed E-state index contributed by atoms with van der Waals surface area (Å²) in [6.45, 7) is 3.14. The first kappa shape index (κ1) is 12.0. The summed E-state index contributed by atoms with van der Waals surface area (Å²) in [5.74, 6) is 0. The second kappa shape index (κ2) is 4.79. The van der Waals surface area contributed by atoms with Crippen molar-refractivity contribution in [1.29, 1.82) is 0 Å². The molecule has 1 atom stereocenters. The lowest BCUT2D eigenvalue weighted by atomic mass is 9.95. The Kier molecular flexibility index (Phi) is 3.59. The Bertz CT molecular complexity index is 345. The third kappa shape index (κ3) is 2.13. The Morgan fingerprint density at radius 2 is 2.25 bits per heavy atom. The zero-order valence-electron chi connectivity index (χ0n) is 9.60. The normalized spacial score (nSPS) is 21.9. The number of aromatic nitrogens is 1. The van der Waals surface area contributed by atoms with Crippen LogP contribution in [-0.2, 0) is 15.1 Å². The van der Waals surface area contributed by atoms with Crippen LogP contribution in [0.15, 0.2) is 5.38 Å². The third-order valence-electron chi connectivity index (χ3n) is 3.03. The molecule has 1 saturated heterocycles. The van der Waals surface area contributed by atoms with Crippen molar-refractivity contribution in [1.82, 2.24) is 4.98 Å². The lowest BCUT2D eigenvalue weighted by Crippen LogP contribution is -2.35. The van der Waals surface area contributed by atoms with E-state index in [-0.39, 0.29) is 5.60 Å². The number of ether oxygens (including phenoxy) is 2. The zero-order chi connectivity index (χ0) is 11.6. The van der Waals surface area contributed by atoms with Gasteiger partial charge in [-0.15, -0.1) is 11.3 Å². The summed E-state index contributed by atoms with van der Waals surface area (Å²) in [4.78, 5) is 4.46. The highest BCUT2D eigenvalue weighted by molar-refractivity contribution is 7.09. The molecule has 0 spiro atoms. The highest BCUT2D eigenvalue weighted by Crippen LogP contribution is 2.37. The average Bonchev–Trinajstić information content (AvgIpc) is 2.80. The van der Waals surface area contributed by atoms with E-state index in [2.05, 4.69) is 4.98 Å². The van der Waals surface area contributed by atoms with Crippen LogP contribution < -0.4 is 0 Å². The van der Waals surface area contributed by atoms with Gasteiger partial charge in [-0.1, -0.05) is 0 Å². The second-order valence-electron chi connectivity index (χ2n) is 4.06. The quantitative estimate of drug-likeness (QED) is 0.880. The minimum absolute atomic E-state index is 0.309. The van der Waals surface area contributed by atoms with Gasteiger partial charge in [0, 0.05) is 38.5 Å². The molecule has 2 heterocycles. The van der Waals surface area contributed by atoms with Crippen LogP contribution in [0.25, 0.3) is 0 Å². The lowest BCUT2D eigenvalue weighted by Gasteiger charge is -2.33. The third-order valence-corrected chi connectivity index (χ3v) is 4.08. The van der Waals surface area contributed by atoms with Crippen LogP contribution in [-0.4, -0.2) is 30.4 Å². The van der Waals surface area contributed by atoms with Crippen molar-refractivity contribution in [2.24, 2.45) is 0 Å². The smallest absolute Gasteiger partial charge is 0.125 e. The molecule has 0 radical (unpaired) electrons. The average molecular weight is 243 g/mol. The standard InChI is InChI=1S/C11H17NO3S/c1-8(13)9-7-16-10(12-9)11(14-2)3-5-15-6-4-11/h7-8,13H,3-6H2,1-2H3. The van der Waals surface area contributed by atoms with Gasteiger partial charge in [0.1, 0.15) is 10.6 Å². The van der Waals surface area contributed by atoms with E-state index in [9.17, 15) is 5.11 Å². The molecule has 0 amide bonds. The maximum absolute atomic E-state index is 9.47. The number of nitrogens with zero attached hydrogens (tertiary/aromatic N) is 1. The van der Waals surface area contributed by atoms with Crippen LogP contribution >= 0.6 is 11.3 Å². The molecule has 0 aromatic carbocycles. The summed E-state index contributed by atoms with van der Waals surface area (Å²) in [5.41, 5.74) is 0.415. The molecule has 1 aromatic heterocycles. The van der Waals surface area contributed by atoms with Crippen LogP contribution in [0.1, 0.15) is 36.6 Å². The van der Waals surface area contributed by atoms with E-state index >= 15 is 0 Å². The predicted octanol–water partition coefficient (Wildman–Crippen LogP) is 1.85. The topological polar surface area (TPSA) is 51.6 Å². The zero-order valence-corrected chi connectivity index (χ0v) is 10.4. The summed E-state index contributed by atoms with van der Waals surface area (Å²) in [5, 5.41) is 12.3. The Labute approximate surface area is 99.2 Å². The van der Waals surface area contributed by atoms with Gasteiger partial charge in [0.2, 0.25) is 0 Å². The summed E-state index contributed by atoms with van der Waals surface area (Å²) < 4.78 is 11.0. The monoisotopic (exact) mass is 243 g/mol. The Morgan fingerprint density at radius 1 is 1.56 bits per heavy atom. The van der Waals surface area contributed by atoms with E-state index in [1.165, 1.54) is 0 Å². The molecule has 0 aliphatic carbocycles. The van der Waals surface area contributed by atoms with Crippen molar-refractivity contribution in [3.05, 3.63) is 16.1 Å². The molecular formula is C11H17NO3S.